The summed E-state index contributed by atoms with van der Waals surface area (Å²) in [6.07, 6.45) is 3.67. The first-order valence-electron chi connectivity index (χ1n) is 4.73. The van der Waals surface area contributed by atoms with E-state index in [1.165, 1.54) is 10.4 Å². The fraction of sp³-hybridized carbons (Fsp3) is 0.154. The van der Waals surface area contributed by atoms with Gasteiger partial charge in [0.25, 0.3) is 0 Å². The number of thiophene rings is 1. The quantitative estimate of drug-likeness (QED) is 0.661. The number of pyridine rings is 1. The van der Waals surface area contributed by atoms with Crippen molar-refractivity contribution in [3.63, 3.8) is 0 Å². The lowest BCUT2D eigenvalue weighted by Gasteiger charge is -1.97. The molecule has 0 saturated carbocycles. The summed E-state index contributed by atoms with van der Waals surface area (Å²) >= 11 is 1.75. The average Bonchev–Trinajstić information content (AvgIpc) is 2.66. The second-order valence-electron chi connectivity index (χ2n) is 3.28. The van der Waals surface area contributed by atoms with Crippen molar-refractivity contribution in [3.05, 3.63) is 40.3 Å². The van der Waals surface area contributed by atoms with Gasteiger partial charge in [0.15, 0.2) is 0 Å². The maximum Gasteiger partial charge on any atom is 0.0434 e. The highest BCUT2D eigenvalue weighted by Crippen LogP contribution is 2.24. The number of aryl methyl sites for hydroxylation is 1. The van der Waals surface area contributed by atoms with E-state index in [1.54, 1.807) is 17.5 Å². The zero-order chi connectivity index (χ0) is 10.7. The Balaban J connectivity index is 2.43. The molecular weight excluding hydrogens is 202 g/mol. The Morgan fingerprint density at radius 1 is 1.20 bits per heavy atom. The molecule has 0 fully saturated rings. The van der Waals surface area contributed by atoms with Crippen LogP contribution in [-0.4, -0.2) is 4.98 Å². The predicted molar refractivity (Wildman–Crippen MR) is 64.8 cm³/mol. The topological polar surface area (TPSA) is 12.9 Å². The zero-order valence-corrected chi connectivity index (χ0v) is 9.56. The van der Waals surface area contributed by atoms with Crippen LogP contribution in [0.4, 0.5) is 0 Å². The van der Waals surface area contributed by atoms with Gasteiger partial charge in [0.2, 0.25) is 0 Å². The molecule has 0 radical (unpaired) electrons. The van der Waals surface area contributed by atoms with E-state index < -0.39 is 0 Å². The molecule has 0 aliphatic heterocycles. The van der Waals surface area contributed by atoms with Crippen molar-refractivity contribution >= 4 is 11.3 Å². The Morgan fingerprint density at radius 3 is 2.73 bits per heavy atom. The summed E-state index contributed by atoms with van der Waals surface area (Å²) in [5, 5.41) is 2.15. The van der Waals surface area contributed by atoms with Gasteiger partial charge in [-0.1, -0.05) is 5.92 Å². The van der Waals surface area contributed by atoms with E-state index in [-0.39, 0.29) is 0 Å². The molecule has 2 aromatic rings. The maximum atomic E-state index is 4.19. The highest BCUT2D eigenvalue weighted by Gasteiger charge is 2.00. The molecule has 0 atom stereocenters. The molecule has 15 heavy (non-hydrogen) atoms. The van der Waals surface area contributed by atoms with E-state index in [9.17, 15) is 0 Å². The van der Waals surface area contributed by atoms with E-state index in [1.807, 2.05) is 13.1 Å². The Hall–Kier alpha value is -1.59. The van der Waals surface area contributed by atoms with Crippen LogP contribution in [0.25, 0.3) is 11.1 Å². The van der Waals surface area contributed by atoms with Crippen LogP contribution in [0.5, 0.6) is 0 Å². The summed E-state index contributed by atoms with van der Waals surface area (Å²) in [6.45, 7) is 3.94. The number of rotatable bonds is 1. The van der Waals surface area contributed by atoms with Crippen molar-refractivity contribution in [2.45, 2.75) is 13.8 Å². The second-order valence-corrected chi connectivity index (χ2v) is 4.40. The number of aromatic nitrogens is 1. The van der Waals surface area contributed by atoms with Crippen LogP contribution in [0.15, 0.2) is 29.9 Å². The Labute approximate surface area is 93.8 Å². The lowest BCUT2D eigenvalue weighted by Crippen LogP contribution is -1.81. The highest BCUT2D eigenvalue weighted by atomic mass is 32.1. The lowest BCUT2D eigenvalue weighted by molar-refractivity contribution is 1.31. The van der Waals surface area contributed by atoms with E-state index >= 15 is 0 Å². The van der Waals surface area contributed by atoms with Crippen molar-refractivity contribution in [1.82, 2.24) is 4.98 Å². The highest BCUT2D eigenvalue weighted by molar-refractivity contribution is 7.10. The lowest BCUT2D eigenvalue weighted by atomic mass is 10.1. The number of hydrogen-bond acceptors (Lipinski definition) is 2. The maximum absolute atomic E-state index is 4.19. The molecule has 0 aliphatic rings. The molecule has 0 bridgehead atoms. The zero-order valence-electron chi connectivity index (χ0n) is 8.74. The predicted octanol–water partition coefficient (Wildman–Crippen LogP) is 3.49. The summed E-state index contributed by atoms with van der Waals surface area (Å²) in [5.41, 5.74) is 3.34. The minimum Gasteiger partial charge on any atom is -0.263 e. The van der Waals surface area contributed by atoms with E-state index in [0.29, 0.717) is 0 Å². The van der Waals surface area contributed by atoms with Gasteiger partial charge in [-0.15, -0.1) is 17.3 Å². The van der Waals surface area contributed by atoms with Gasteiger partial charge < -0.3 is 0 Å². The first kappa shape index (κ1) is 9.95. The van der Waals surface area contributed by atoms with Crippen molar-refractivity contribution in [1.29, 1.82) is 0 Å². The Morgan fingerprint density at radius 2 is 2.07 bits per heavy atom. The number of hydrogen-bond donors (Lipinski definition) is 0. The van der Waals surface area contributed by atoms with Crippen LogP contribution >= 0.6 is 11.3 Å². The van der Waals surface area contributed by atoms with Gasteiger partial charge in [-0.05, 0) is 36.9 Å². The minimum absolute atomic E-state index is 0.971. The van der Waals surface area contributed by atoms with Crippen molar-refractivity contribution in [3.8, 4) is 23.0 Å². The first-order chi connectivity index (χ1) is 7.29. The summed E-state index contributed by atoms with van der Waals surface area (Å²) in [7, 11) is 0. The SMILES string of the molecule is CC#Cc1cncc(-c2csc(C)c2)c1. The normalized spacial score (nSPS) is 9.47. The minimum atomic E-state index is 0.971. The van der Waals surface area contributed by atoms with Gasteiger partial charge in [0.1, 0.15) is 0 Å². The molecule has 0 spiro atoms. The van der Waals surface area contributed by atoms with Gasteiger partial charge >= 0.3 is 0 Å². The molecule has 0 aromatic carbocycles. The van der Waals surface area contributed by atoms with Crippen LogP contribution in [0.1, 0.15) is 17.4 Å². The van der Waals surface area contributed by atoms with Crippen molar-refractivity contribution < 1.29 is 0 Å². The molecule has 0 amide bonds. The fourth-order valence-electron chi connectivity index (χ4n) is 1.41. The van der Waals surface area contributed by atoms with Gasteiger partial charge in [0, 0.05) is 28.4 Å². The van der Waals surface area contributed by atoms with Crippen LogP contribution < -0.4 is 0 Å². The van der Waals surface area contributed by atoms with Crippen LogP contribution in [-0.2, 0) is 0 Å². The summed E-state index contributed by atoms with van der Waals surface area (Å²) in [4.78, 5) is 5.51. The van der Waals surface area contributed by atoms with E-state index in [2.05, 4.69) is 41.3 Å². The average molecular weight is 213 g/mol. The summed E-state index contributed by atoms with van der Waals surface area (Å²) < 4.78 is 0. The van der Waals surface area contributed by atoms with Gasteiger partial charge in [0.05, 0.1) is 0 Å². The Kier molecular flexibility index (Phi) is 2.84. The van der Waals surface area contributed by atoms with E-state index in [0.717, 1.165) is 11.1 Å². The molecule has 2 heterocycles. The first-order valence-corrected chi connectivity index (χ1v) is 5.61. The van der Waals surface area contributed by atoms with E-state index in [4.69, 9.17) is 0 Å². The fourth-order valence-corrected chi connectivity index (χ4v) is 2.12. The largest absolute Gasteiger partial charge is 0.263 e. The third kappa shape index (κ3) is 2.26. The smallest absolute Gasteiger partial charge is 0.0434 e. The molecule has 0 unspecified atom stereocenters. The summed E-state index contributed by atoms with van der Waals surface area (Å²) in [5.74, 6) is 5.90. The monoisotopic (exact) mass is 213 g/mol. The second kappa shape index (κ2) is 4.29. The van der Waals surface area contributed by atoms with Gasteiger partial charge in [-0.3, -0.25) is 4.98 Å². The third-order valence-electron chi connectivity index (χ3n) is 2.07. The molecule has 0 saturated heterocycles. The molecular formula is C13H11NS. The Bertz CT molecular complexity index is 529. The summed E-state index contributed by atoms with van der Waals surface area (Å²) in [6, 6.07) is 4.25. The molecule has 0 N–H and O–H groups in total. The van der Waals surface area contributed by atoms with Gasteiger partial charge in [-0.25, -0.2) is 0 Å². The molecule has 1 nitrogen and oxygen atoms in total. The third-order valence-corrected chi connectivity index (χ3v) is 2.93. The van der Waals surface area contributed by atoms with Crippen LogP contribution in [0, 0.1) is 18.8 Å². The van der Waals surface area contributed by atoms with Gasteiger partial charge in [-0.2, -0.15) is 0 Å². The molecule has 2 aromatic heterocycles. The molecule has 2 heteroatoms. The molecule has 74 valence electrons. The standard InChI is InChI=1S/C13H11NS/c1-3-4-11-6-12(8-14-7-11)13-5-10(2)15-9-13/h5-9H,1-2H3. The molecule has 0 aliphatic carbocycles. The van der Waals surface area contributed by atoms with Crippen LogP contribution in [0.2, 0.25) is 0 Å². The van der Waals surface area contributed by atoms with Crippen molar-refractivity contribution in [2.24, 2.45) is 0 Å². The van der Waals surface area contributed by atoms with Crippen LogP contribution in [0.3, 0.4) is 0 Å². The molecule has 2 rings (SSSR count). The number of nitrogens with zero attached hydrogens (tertiary/aromatic N) is 1. The van der Waals surface area contributed by atoms with Crippen molar-refractivity contribution in [2.75, 3.05) is 0 Å².